The third kappa shape index (κ3) is 6.06. The van der Waals surface area contributed by atoms with Crippen molar-refractivity contribution in [1.82, 2.24) is 10.6 Å². The van der Waals surface area contributed by atoms with Gasteiger partial charge < -0.3 is 15.7 Å². The summed E-state index contributed by atoms with van der Waals surface area (Å²) < 4.78 is 0. The van der Waals surface area contributed by atoms with Crippen LogP contribution in [-0.4, -0.2) is 30.8 Å². The monoisotopic (exact) mass is 306 g/mol. The molecule has 0 atom stereocenters. The molecule has 0 bridgehead atoms. The van der Waals surface area contributed by atoms with Gasteiger partial charge in [0.25, 0.3) is 0 Å². The van der Waals surface area contributed by atoms with Crippen LogP contribution in [-0.2, 0) is 5.41 Å². The van der Waals surface area contributed by atoms with Crippen molar-refractivity contribution in [2.45, 2.75) is 46.5 Å². The van der Waals surface area contributed by atoms with Crippen LogP contribution in [0, 0.1) is 12.3 Å². The molecule has 2 amide bonds. The molecule has 0 fully saturated rings. The SMILES string of the molecule is Cc1cccc(C(C)(C)CNC(=O)NCC(C)(C)CCO)c1. The van der Waals surface area contributed by atoms with Crippen LogP contribution in [0.3, 0.4) is 0 Å². The van der Waals surface area contributed by atoms with E-state index in [2.05, 4.69) is 49.6 Å². The Morgan fingerprint density at radius 1 is 1.14 bits per heavy atom. The number of benzene rings is 1. The lowest BCUT2D eigenvalue weighted by molar-refractivity contribution is 0.200. The maximum Gasteiger partial charge on any atom is 0.314 e. The van der Waals surface area contributed by atoms with E-state index in [1.54, 1.807) is 0 Å². The summed E-state index contributed by atoms with van der Waals surface area (Å²) in [6.45, 7) is 11.6. The summed E-state index contributed by atoms with van der Waals surface area (Å²) in [5.41, 5.74) is 2.22. The number of hydrogen-bond donors (Lipinski definition) is 3. The number of hydrogen-bond acceptors (Lipinski definition) is 2. The molecular weight excluding hydrogens is 276 g/mol. The van der Waals surface area contributed by atoms with Crippen LogP contribution < -0.4 is 10.6 Å². The number of aliphatic hydroxyl groups excluding tert-OH is 1. The lowest BCUT2D eigenvalue weighted by Crippen LogP contribution is -2.45. The van der Waals surface area contributed by atoms with Crippen molar-refractivity contribution in [2.24, 2.45) is 5.41 Å². The normalized spacial score (nSPS) is 12.1. The fraction of sp³-hybridized carbons (Fsp3) is 0.611. The molecule has 0 aliphatic carbocycles. The van der Waals surface area contributed by atoms with Crippen molar-refractivity contribution in [3.05, 3.63) is 35.4 Å². The Balaban J connectivity index is 2.49. The maximum atomic E-state index is 12.0. The lowest BCUT2D eigenvalue weighted by atomic mass is 9.84. The van der Waals surface area contributed by atoms with Crippen molar-refractivity contribution in [2.75, 3.05) is 19.7 Å². The Labute approximate surface area is 134 Å². The fourth-order valence-corrected chi connectivity index (χ4v) is 2.24. The second kappa shape index (κ2) is 7.63. The molecule has 0 unspecified atom stereocenters. The Kier molecular flexibility index (Phi) is 6.42. The molecule has 3 N–H and O–H groups in total. The zero-order valence-corrected chi connectivity index (χ0v) is 14.5. The molecule has 124 valence electrons. The summed E-state index contributed by atoms with van der Waals surface area (Å²) >= 11 is 0. The minimum absolute atomic E-state index is 0.0991. The average molecular weight is 306 g/mol. The van der Waals surface area contributed by atoms with E-state index < -0.39 is 0 Å². The van der Waals surface area contributed by atoms with Gasteiger partial charge in [0, 0.05) is 25.1 Å². The summed E-state index contributed by atoms with van der Waals surface area (Å²) in [7, 11) is 0. The van der Waals surface area contributed by atoms with E-state index in [1.165, 1.54) is 11.1 Å². The molecule has 0 aromatic heterocycles. The zero-order chi connectivity index (χ0) is 16.8. The zero-order valence-electron chi connectivity index (χ0n) is 14.5. The molecule has 0 aliphatic rings. The van der Waals surface area contributed by atoms with Crippen LogP contribution in [0.15, 0.2) is 24.3 Å². The van der Waals surface area contributed by atoms with Crippen molar-refractivity contribution < 1.29 is 9.90 Å². The first kappa shape index (κ1) is 18.5. The van der Waals surface area contributed by atoms with Gasteiger partial charge in [-0.15, -0.1) is 0 Å². The number of aryl methyl sites for hydroxylation is 1. The van der Waals surface area contributed by atoms with Crippen LogP contribution in [0.5, 0.6) is 0 Å². The van der Waals surface area contributed by atoms with E-state index in [-0.39, 0.29) is 23.5 Å². The van der Waals surface area contributed by atoms with Crippen LogP contribution in [0.25, 0.3) is 0 Å². The predicted octanol–water partition coefficient (Wildman–Crippen LogP) is 2.98. The highest BCUT2D eigenvalue weighted by atomic mass is 16.3. The largest absolute Gasteiger partial charge is 0.396 e. The lowest BCUT2D eigenvalue weighted by Gasteiger charge is -2.27. The number of nitrogens with one attached hydrogen (secondary N) is 2. The van der Waals surface area contributed by atoms with Gasteiger partial charge in [0.15, 0.2) is 0 Å². The van der Waals surface area contributed by atoms with Crippen molar-refractivity contribution in [3.8, 4) is 0 Å². The number of aliphatic hydroxyl groups is 1. The van der Waals surface area contributed by atoms with Gasteiger partial charge in [0.05, 0.1) is 0 Å². The molecule has 0 saturated carbocycles. The minimum atomic E-state index is -0.160. The topological polar surface area (TPSA) is 61.4 Å². The highest BCUT2D eigenvalue weighted by Crippen LogP contribution is 2.23. The van der Waals surface area contributed by atoms with E-state index >= 15 is 0 Å². The number of amides is 2. The summed E-state index contributed by atoms with van der Waals surface area (Å²) in [5.74, 6) is 0. The third-order valence-corrected chi connectivity index (χ3v) is 4.01. The van der Waals surface area contributed by atoms with Gasteiger partial charge in [-0.3, -0.25) is 0 Å². The molecule has 4 heteroatoms. The first-order chi connectivity index (χ1) is 10.2. The Hall–Kier alpha value is -1.55. The molecule has 1 aromatic carbocycles. The van der Waals surface area contributed by atoms with E-state index in [0.717, 1.165) is 0 Å². The fourth-order valence-electron chi connectivity index (χ4n) is 2.24. The molecule has 1 rings (SSSR count). The van der Waals surface area contributed by atoms with Gasteiger partial charge >= 0.3 is 6.03 Å². The number of carbonyl (C=O) groups excluding carboxylic acids is 1. The smallest absolute Gasteiger partial charge is 0.314 e. The molecule has 0 spiro atoms. The Bertz CT molecular complexity index is 496. The van der Waals surface area contributed by atoms with Crippen LogP contribution >= 0.6 is 0 Å². The number of urea groups is 1. The van der Waals surface area contributed by atoms with E-state index in [1.807, 2.05) is 19.9 Å². The van der Waals surface area contributed by atoms with Gasteiger partial charge in [-0.25, -0.2) is 4.79 Å². The summed E-state index contributed by atoms with van der Waals surface area (Å²) in [6.07, 6.45) is 0.669. The van der Waals surface area contributed by atoms with Crippen molar-refractivity contribution in [3.63, 3.8) is 0 Å². The predicted molar refractivity (Wildman–Crippen MR) is 91.1 cm³/mol. The summed E-state index contributed by atoms with van der Waals surface area (Å²) in [4.78, 5) is 12.0. The second-order valence-electron chi connectivity index (χ2n) is 7.43. The Morgan fingerprint density at radius 2 is 1.77 bits per heavy atom. The third-order valence-electron chi connectivity index (χ3n) is 4.01. The second-order valence-corrected chi connectivity index (χ2v) is 7.43. The van der Waals surface area contributed by atoms with Gasteiger partial charge in [-0.05, 0) is 24.3 Å². The molecule has 0 saturated heterocycles. The molecule has 1 aromatic rings. The van der Waals surface area contributed by atoms with Gasteiger partial charge in [-0.2, -0.15) is 0 Å². The van der Waals surface area contributed by atoms with E-state index in [9.17, 15) is 4.79 Å². The standard InChI is InChI=1S/C18H30N2O2/c1-14-7-6-8-15(11-14)18(4,5)13-20-16(22)19-12-17(2,3)9-10-21/h6-8,11,21H,9-10,12-13H2,1-5H3,(H2,19,20,22). The molecular formula is C18H30N2O2. The van der Waals surface area contributed by atoms with Crippen molar-refractivity contribution in [1.29, 1.82) is 0 Å². The van der Waals surface area contributed by atoms with Crippen LogP contribution in [0.4, 0.5) is 4.79 Å². The molecule has 22 heavy (non-hydrogen) atoms. The highest BCUT2D eigenvalue weighted by Gasteiger charge is 2.22. The van der Waals surface area contributed by atoms with E-state index in [0.29, 0.717) is 19.5 Å². The first-order valence-corrected chi connectivity index (χ1v) is 7.86. The van der Waals surface area contributed by atoms with Crippen LogP contribution in [0.1, 0.15) is 45.2 Å². The van der Waals surface area contributed by atoms with Gasteiger partial charge in [0.2, 0.25) is 0 Å². The first-order valence-electron chi connectivity index (χ1n) is 7.86. The molecule has 0 aliphatic heterocycles. The van der Waals surface area contributed by atoms with Crippen molar-refractivity contribution >= 4 is 6.03 Å². The summed E-state index contributed by atoms with van der Waals surface area (Å²) in [5, 5.41) is 14.8. The molecule has 4 nitrogen and oxygen atoms in total. The Morgan fingerprint density at radius 3 is 2.36 bits per heavy atom. The highest BCUT2D eigenvalue weighted by molar-refractivity contribution is 5.74. The average Bonchev–Trinajstić information content (AvgIpc) is 2.43. The minimum Gasteiger partial charge on any atom is -0.396 e. The number of carbonyl (C=O) groups is 1. The molecule has 0 heterocycles. The molecule has 0 radical (unpaired) electrons. The quantitative estimate of drug-likeness (QED) is 0.725. The van der Waals surface area contributed by atoms with Crippen LogP contribution in [0.2, 0.25) is 0 Å². The van der Waals surface area contributed by atoms with Gasteiger partial charge in [0.1, 0.15) is 0 Å². The van der Waals surface area contributed by atoms with Gasteiger partial charge in [-0.1, -0.05) is 57.5 Å². The number of rotatable bonds is 7. The van der Waals surface area contributed by atoms with E-state index in [4.69, 9.17) is 5.11 Å². The summed E-state index contributed by atoms with van der Waals surface area (Å²) in [6, 6.07) is 8.21. The maximum absolute atomic E-state index is 12.0.